The highest BCUT2D eigenvalue weighted by molar-refractivity contribution is 7.26. The van der Waals surface area contributed by atoms with Gasteiger partial charge in [0.2, 0.25) is 0 Å². The third kappa shape index (κ3) is 2.96. The summed E-state index contributed by atoms with van der Waals surface area (Å²) in [6, 6.07) is 17.3. The molecule has 0 bridgehead atoms. The Hall–Kier alpha value is -3.10. The summed E-state index contributed by atoms with van der Waals surface area (Å²) < 4.78 is 3.02. The molecule has 0 saturated heterocycles. The van der Waals surface area contributed by atoms with Crippen LogP contribution in [0.25, 0.3) is 25.7 Å². The minimum Gasteiger partial charge on any atom is -0.342 e. The van der Waals surface area contributed by atoms with Gasteiger partial charge in [-0.25, -0.2) is 4.98 Å². The number of para-hydroxylation sites is 1. The van der Waals surface area contributed by atoms with Gasteiger partial charge in [0.15, 0.2) is 11.5 Å². The molecule has 1 N–H and O–H groups in total. The summed E-state index contributed by atoms with van der Waals surface area (Å²) in [5.41, 5.74) is 1.74. The van der Waals surface area contributed by atoms with Gasteiger partial charge in [0.25, 0.3) is 5.91 Å². The Labute approximate surface area is 168 Å². The minimum absolute atomic E-state index is 0.127. The standard InChI is InChI=1S/C20H15N5OS2/c1-12(18-24-23-17-8-4-5-11-25(17)18)21-19(26)15-9-10-16(27-15)20-22-13-6-2-3-7-14(13)28-20/h2-12H,1H3,(H,21,26). The number of pyridine rings is 1. The van der Waals surface area contributed by atoms with Crippen LogP contribution in [-0.2, 0) is 0 Å². The maximum absolute atomic E-state index is 12.7. The first-order valence-electron chi connectivity index (χ1n) is 8.75. The van der Waals surface area contributed by atoms with E-state index < -0.39 is 0 Å². The molecule has 138 valence electrons. The van der Waals surface area contributed by atoms with E-state index in [1.807, 2.05) is 66.1 Å². The summed E-state index contributed by atoms with van der Waals surface area (Å²) in [7, 11) is 0. The van der Waals surface area contributed by atoms with Crippen molar-refractivity contribution in [1.29, 1.82) is 0 Å². The lowest BCUT2D eigenvalue weighted by Gasteiger charge is -2.11. The summed E-state index contributed by atoms with van der Waals surface area (Å²) in [5.74, 6) is 0.574. The molecule has 4 aromatic heterocycles. The topological polar surface area (TPSA) is 72.2 Å². The number of fused-ring (bicyclic) bond motifs is 2. The molecule has 1 aromatic carbocycles. The van der Waals surface area contributed by atoms with Gasteiger partial charge in [0.1, 0.15) is 5.01 Å². The first kappa shape index (κ1) is 17.0. The molecule has 8 heteroatoms. The number of aromatic nitrogens is 4. The Kier molecular flexibility index (Phi) is 4.14. The van der Waals surface area contributed by atoms with Crippen molar-refractivity contribution in [2.75, 3.05) is 0 Å². The van der Waals surface area contributed by atoms with Gasteiger partial charge < -0.3 is 5.32 Å². The van der Waals surface area contributed by atoms with Crippen molar-refractivity contribution in [2.24, 2.45) is 0 Å². The Morgan fingerprint density at radius 3 is 2.79 bits per heavy atom. The number of thiazole rings is 1. The number of nitrogens with zero attached hydrogens (tertiary/aromatic N) is 4. The monoisotopic (exact) mass is 405 g/mol. The van der Waals surface area contributed by atoms with Crippen LogP contribution < -0.4 is 5.32 Å². The summed E-state index contributed by atoms with van der Waals surface area (Å²) in [5, 5.41) is 12.3. The zero-order valence-electron chi connectivity index (χ0n) is 14.9. The maximum atomic E-state index is 12.7. The van der Waals surface area contributed by atoms with E-state index >= 15 is 0 Å². The fourth-order valence-electron chi connectivity index (χ4n) is 3.04. The van der Waals surface area contributed by atoms with Crippen molar-refractivity contribution in [3.05, 3.63) is 71.5 Å². The average molecular weight is 406 g/mol. The molecule has 0 fully saturated rings. The molecule has 0 radical (unpaired) electrons. The van der Waals surface area contributed by atoms with Gasteiger partial charge in [-0.1, -0.05) is 18.2 Å². The normalized spacial score (nSPS) is 12.5. The molecule has 5 rings (SSSR count). The lowest BCUT2D eigenvalue weighted by Crippen LogP contribution is -2.27. The summed E-state index contributed by atoms with van der Waals surface area (Å²) in [4.78, 5) is 19.0. The van der Waals surface area contributed by atoms with Crippen LogP contribution >= 0.6 is 22.7 Å². The van der Waals surface area contributed by atoms with Crippen molar-refractivity contribution in [2.45, 2.75) is 13.0 Å². The van der Waals surface area contributed by atoms with E-state index in [1.165, 1.54) is 11.3 Å². The number of thiophene rings is 1. The van der Waals surface area contributed by atoms with Gasteiger partial charge in [-0.15, -0.1) is 32.9 Å². The van der Waals surface area contributed by atoms with Crippen LogP contribution in [0.2, 0.25) is 0 Å². The second-order valence-electron chi connectivity index (χ2n) is 6.33. The third-order valence-electron chi connectivity index (χ3n) is 4.41. The van der Waals surface area contributed by atoms with Gasteiger partial charge >= 0.3 is 0 Å². The van der Waals surface area contributed by atoms with Gasteiger partial charge in [-0.05, 0) is 43.3 Å². The second-order valence-corrected chi connectivity index (χ2v) is 8.45. The highest BCUT2D eigenvalue weighted by atomic mass is 32.1. The average Bonchev–Trinajstić information content (AvgIpc) is 3.44. The fraction of sp³-hybridized carbons (Fsp3) is 0.100. The van der Waals surface area contributed by atoms with E-state index in [4.69, 9.17) is 0 Å². The van der Waals surface area contributed by atoms with Crippen LogP contribution in [0.4, 0.5) is 0 Å². The summed E-state index contributed by atoms with van der Waals surface area (Å²) in [6.07, 6.45) is 1.89. The first-order chi connectivity index (χ1) is 13.7. The Morgan fingerprint density at radius 2 is 1.89 bits per heavy atom. The Balaban J connectivity index is 1.37. The molecular formula is C20H15N5OS2. The van der Waals surface area contributed by atoms with Crippen molar-refractivity contribution in [3.63, 3.8) is 0 Å². The molecule has 0 saturated carbocycles. The molecule has 0 aliphatic heterocycles. The van der Waals surface area contributed by atoms with Crippen LogP contribution in [0.15, 0.2) is 60.8 Å². The van der Waals surface area contributed by atoms with Crippen molar-refractivity contribution in [1.82, 2.24) is 24.9 Å². The molecule has 5 aromatic rings. The number of carbonyl (C=O) groups excluding carboxylic acids is 1. The predicted octanol–water partition coefficient (Wildman–Crippen LogP) is 4.56. The van der Waals surface area contributed by atoms with E-state index in [2.05, 4.69) is 26.6 Å². The highest BCUT2D eigenvalue weighted by Gasteiger charge is 2.18. The Morgan fingerprint density at radius 1 is 1.04 bits per heavy atom. The van der Waals surface area contributed by atoms with Crippen molar-refractivity contribution in [3.8, 4) is 9.88 Å². The summed E-state index contributed by atoms with van der Waals surface area (Å²) in [6.45, 7) is 1.91. The highest BCUT2D eigenvalue weighted by Crippen LogP contribution is 2.34. The number of hydrogen-bond donors (Lipinski definition) is 1. The molecule has 1 unspecified atom stereocenters. The number of benzene rings is 1. The number of rotatable bonds is 4. The molecule has 0 aliphatic rings. The number of amides is 1. The zero-order valence-corrected chi connectivity index (χ0v) is 16.5. The Bertz CT molecular complexity index is 1270. The van der Waals surface area contributed by atoms with E-state index in [1.54, 1.807) is 11.3 Å². The van der Waals surface area contributed by atoms with Gasteiger partial charge in [-0.2, -0.15) is 0 Å². The molecular weight excluding hydrogens is 390 g/mol. The van der Waals surface area contributed by atoms with E-state index in [-0.39, 0.29) is 11.9 Å². The number of carbonyl (C=O) groups is 1. The number of hydrogen-bond acceptors (Lipinski definition) is 6. The number of nitrogens with one attached hydrogen (secondary N) is 1. The quantitative estimate of drug-likeness (QED) is 0.476. The van der Waals surface area contributed by atoms with Crippen molar-refractivity contribution >= 4 is 44.4 Å². The molecule has 6 nitrogen and oxygen atoms in total. The first-order valence-corrected chi connectivity index (χ1v) is 10.4. The lowest BCUT2D eigenvalue weighted by molar-refractivity contribution is 0.0942. The molecule has 1 amide bonds. The smallest absolute Gasteiger partial charge is 0.261 e. The minimum atomic E-state index is -0.266. The van der Waals surface area contributed by atoms with Gasteiger partial charge in [0, 0.05) is 6.20 Å². The zero-order chi connectivity index (χ0) is 19.1. The van der Waals surface area contributed by atoms with Gasteiger partial charge in [0.05, 0.1) is 26.0 Å². The van der Waals surface area contributed by atoms with E-state index in [0.717, 1.165) is 25.7 Å². The van der Waals surface area contributed by atoms with Crippen LogP contribution in [0.3, 0.4) is 0 Å². The molecule has 28 heavy (non-hydrogen) atoms. The van der Waals surface area contributed by atoms with E-state index in [0.29, 0.717) is 10.7 Å². The fourth-order valence-corrected chi connectivity index (χ4v) is 4.97. The second kappa shape index (κ2) is 6.81. The molecule has 0 spiro atoms. The third-order valence-corrected chi connectivity index (χ3v) is 6.70. The van der Waals surface area contributed by atoms with Gasteiger partial charge in [-0.3, -0.25) is 9.20 Å². The predicted molar refractivity (Wildman–Crippen MR) is 112 cm³/mol. The summed E-state index contributed by atoms with van der Waals surface area (Å²) >= 11 is 3.08. The maximum Gasteiger partial charge on any atom is 0.261 e. The van der Waals surface area contributed by atoms with Crippen molar-refractivity contribution < 1.29 is 4.79 Å². The van der Waals surface area contributed by atoms with Crippen LogP contribution in [0, 0.1) is 0 Å². The molecule has 1 atom stereocenters. The van der Waals surface area contributed by atoms with Crippen LogP contribution in [0.1, 0.15) is 28.5 Å². The van der Waals surface area contributed by atoms with Crippen LogP contribution in [0.5, 0.6) is 0 Å². The molecule has 4 heterocycles. The van der Waals surface area contributed by atoms with E-state index in [9.17, 15) is 4.79 Å². The molecule has 0 aliphatic carbocycles. The lowest BCUT2D eigenvalue weighted by atomic mass is 10.3. The SMILES string of the molecule is CC(NC(=O)c1ccc(-c2nc3ccccc3s2)s1)c1nnc2ccccn12. The largest absolute Gasteiger partial charge is 0.342 e. The van der Waals surface area contributed by atoms with Crippen LogP contribution in [-0.4, -0.2) is 25.5 Å².